The molecular weight excluding hydrogens is 336 g/mol. The Hall–Kier alpha value is -2.31. The summed E-state index contributed by atoms with van der Waals surface area (Å²) in [6.07, 6.45) is 3.42. The number of halogens is 1. The minimum atomic E-state index is -0.996. The number of aromatic nitrogens is 2. The third-order valence-electron chi connectivity index (χ3n) is 3.33. The number of aliphatic carboxylic acids is 1. The van der Waals surface area contributed by atoms with Crippen molar-refractivity contribution in [1.29, 1.82) is 0 Å². The fraction of sp³-hybridized carbons (Fsp3) is 0.125. The topological polar surface area (TPSA) is 63.8 Å². The molecule has 1 aromatic carbocycles. The van der Waals surface area contributed by atoms with E-state index in [1.165, 1.54) is 24.7 Å². The summed E-state index contributed by atoms with van der Waals surface area (Å²) in [5.74, 6) is -0.996. The number of carbonyl (C=O) groups is 1. The zero-order valence-corrected chi connectivity index (χ0v) is 13.8. The molecule has 0 aliphatic rings. The maximum atomic E-state index is 11.2. The van der Waals surface area contributed by atoms with Gasteiger partial charge in [0.1, 0.15) is 0 Å². The van der Waals surface area contributed by atoms with Crippen LogP contribution in [0.2, 0.25) is 5.02 Å². The van der Waals surface area contributed by atoms with Crippen molar-refractivity contribution in [2.75, 3.05) is 7.11 Å². The summed E-state index contributed by atoms with van der Waals surface area (Å²) in [4.78, 5) is 16.6. The molecule has 0 bridgehead atoms. The first kappa shape index (κ1) is 15.6. The second kappa shape index (κ2) is 6.44. The number of rotatable bonds is 5. The largest absolute Gasteiger partial charge is 0.504 e. The fourth-order valence-electron chi connectivity index (χ4n) is 2.22. The van der Waals surface area contributed by atoms with Gasteiger partial charge in [0.15, 0.2) is 4.96 Å². The van der Waals surface area contributed by atoms with E-state index in [1.54, 1.807) is 0 Å². The number of carboxylic acids is 1. The second-order valence-electron chi connectivity index (χ2n) is 4.87. The van der Waals surface area contributed by atoms with E-state index >= 15 is 0 Å². The number of hydrogen-bond donors (Lipinski definition) is 1. The quantitative estimate of drug-likeness (QED) is 0.561. The van der Waals surface area contributed by atoms with Crippen LogP contribution in [-0.4, -0.2) is 27.6 Å². The SMILES string of the molecule is CO/C=C(/Cc1csc2nc(-c3ccc(Cl)cc3)cn12)C(=O)O. The Bertz CT molecular complexity index is 881. The second-order valence-corrected chi connectivity index (χ2v) is 6.15. The van der Waals surface area contributed by atoms with Crippen LogP contribution in [0.1, 0.15) is 5.69 Å². The number of thiazole rings is 1. The van der Waals surface area contributed by atoms with Crippen LogP contribution in [0.5, 0.6) is 0 Å². The van der Waals surface area contributed by atoms with Crippen molar-refractivity contribution in [2.24, 2.45) is 0 Å². The monoisotopic (exact) mass is 348 g/mol. The lowest BCUT2D eigenvalue weighted by atomic mass is 10.1. The molecule has 0 aliphatic carbocycles. The number of nitrogens with zero attached hydrogens (tertiary/aromatic N) is 2. The standard InChI is InChI=1S/C16H13ClN2O3S/c1-22-8-11(15(20)21)6-13-9-23-16-18-14(7-19(13)16)10-2-4-12(17)5-3-10/h2-5,7-9H,6H2,1H3,(H,20,21)/b11-8-. The van der Waals surface area contributed by atoms with Crippen molar-refractivity contribution in [3.63, 3.8) is 0 Å². The lowest BCUT2D eigenvalue weighted by Crippen LogP contribution is -2.05. The molecule has 0 unspecified atom stereocenters. The Labute approximate surface area is 141 Å². The van der Waals surface area contributed by atoms with E-state index in [0.717, 1.165) is 21.9 Å². The first-order valence-electron chi connectivity index (χ1n) is 6.75. The highest BCUT2D eigenvalue weighted by Gasteiger charge is 2.14. The summed E-state index contributed by atoms with van der Waals surface area (Å²) in [7, 11) is 1.43. The number of hydrogen-bond acceptors (Lipinski definition) is 4. The molecule has 3 aromatic rings. The summed E-state index contributed by atoms with van der Waals surface area (Å²) in [5, 5.41) is 11.8. The number of benzene rings is 1. The Kier molecular flexibility index (Phi) is 4.36. The van der Waals surface area contributed by atoms with Crippen LogP contribution < -0.4 is 0 Å². The molecule has 7 heteroatoms. The van der Waals surface area contributed by atoms with Crippen molar-refractivity contribution < 1.29 is 14.6 Å². The molecule has 0 radical (unpaired) electrons. The number of fused-ring (bicyclic) bond motifs is 1. The smallest absolute Gasteiger partial charge is 0.335 e. The predicted octanol–water partition coefficient (Wildman–Crippen LogP) is 3.87. The minimum Gasteiger partial charge on any atom is -0.504 e. The molecule has 0 saturated heterocycles. The molecule has 23 heavy (non-hydrogen) atoms. The highest BCUT2D eigenvalue weighted by molar-refractivity contribution is 7.15. The molecule has 2 heterocycles. The van der Waals surface area contributed by atoms with Gasteiger partial charge in [0.2, 0.25) is 0 Å². The molecule has 118 valence electrons. The van der Waals surface area contributed by atoms with Crippen molar-refractivity contribution >= 4 is 33.9 Å². The number of carboxylic acid groups (broad SMARTS) is 1. The first-order valence-corrected chi connectivity index (χ1v) is 8.01. The summed E-state index contributed by atoms with van der Waals surface area (Å²) in [6.45, 7) is 0. The zero-order valence-electron chi connectivity index (χ0n) is 12.2. The first-order chi connectivity index (χ1) is 11.1. The van der Waals surface area contributed by atoms with Crippen LogP contribution in [0.4, 0.5) is 0 Å². The molecule has 5 nitrogen and oxygen atoms in total. The summed E-state index contributed by atoms with van der Waals surface area (Å²) < 4.78 is 6.74. The minimum absolute atomic E-state index is 0.189. The van der Waals surface area contributed by atoms with Crippen LogP contribution in [0.15, 0.2) is 47.7 Å². The molecule has 0 saturated carbocycles. The van der Waals surface area contributed by atoms with Gasteiger partial charge in [-0.3, -0.25) is 4.40 Å². The van der Waals surface area contributed by atoms with Crippen LogP contribution in [-0.2, 0) is 16.0 Å². The van der Waals surface area contributed by atoms with Crippen molar-refractivity contribution in [3.05, 3.63) is 58.4 Å². The van der Waals surface area contributed by atoms with E-state index in [4.69, 9.17) is 16.3 Å². The van der Waals surface area contributed by atoms with Gasteiger partial charge in [0, 0.05) is 34.3 Å². The van der Waals surface area contributed by atoms with Gasteiger partial charge in [-0.1, -0.05) is 23.7 Å². The maximum absolute atomic E-state index is 11.2. The van der Waals surface area contributed by atoms with E-state index in [1.807, 2.05) is 40.2 Å². The Morgan fingerprint density at radius 1 is 1.43 bits per heavy atom. The summed E-state index contributed by atoms with van der Waals surface area (Å²) >= 11 is 7.37. The van der Waals surface area contributed by atoms with E-state index in [-0.39, 0.29) is 12.0 Å². The molecule has 0 atom stereocenters. The van der Waals surface area contributed by atoms with Crippen molar-refractivity contribution in [1.82, 2.24) is 9.38 Å². The Morgan fingerprint density at radius 2 is 2.17 bits per heavy atom. The van der Waals surface area contributed by atoms with Gasteiger partial charge < -0.3 is 9.84 Å². The van der Waals surface area contributed by atoms with Gasteiger partial charge in [0.25, 0.3) is 0 Å². The Morgan fingerprint density at radius 3 is 2.83 bits per heavy atom. The average molecular weight is 349 g/mol. The molecule has 0 aliphatic heterocycles. The van der Waals surface area contributed by atoms with E-state index in [2.05, 4.69) is 4.98 Å². The third kappa shape index (κ3) is 3.23. The highest BCUT2D eigenvalue weighted by atomic mass is 35.5. The van der Waals surface area contributed by atoms with E-state index < -0.39 is 5.97 Å². The predicted molar refractivity (Wildman–Crippen MR) is 89.9 cm³/mol. The molecule has 1 N–H and O–H groups in total. The van der Waals surface area contributed by atoms with Crippen LogP contribution in [0.3, 0.4) is 0 Å². The van der Waals surface area contributed by atoms with Crippen LogP contribution in [0, 0.1) is 0 Å². The number of imidazole rings is 1. The van der Waals surface area contributed by atoms with Gasteiger partial charge >= 0.3 is 5.97 Å². The third-order valence-corrected chi connectivity index (χ3v) is 4.47. The normalized spacial score (nSPS) is 11.8. The van der Waals surface area contributed by atoms with Gasteiger partial charge in [0.05, 0.1) is 24.6 Å². The maximum Gasteiger partial charge on any atom is 0.335 e. The lowest BCUT2D eigenvalue weighted by Gasteiger charge is -2.01. The molecular formula is C16H13ClN2O3S. The van der Waals surface area contributed by atoms with Crippen LogP contribution in [0.25, 0.3) is 16.2 Å². The molecule has 0 spiro atoms. The van der Waals surface area contributed by atoms with Crippen LogP contribution >= 0.6 is 22.9 Å². The van der Waals surface area contributed by atoms with E-state index in [0.29, 0.717) is 5.02 Å². The fourth-order valence-corrected chi connectivity index (χ4v) is 3.22. The Balaban J connectivity index is 1.96. The van der Waals surface area contributed by atoms with E-state index in [9.17, 15) is 9.90 Å². The van der Waals surface area contributed by atoms with Gasteiger partial charge in [-0.15, -0.1) is 11.3 Å². The highest BCUT2D eigenvalue weighted by Crippen LogP contribution is 2.25. The summed E-state index contributed by atoms with van der Waals surface area (Å²) in [5.41, 5.74) is 2.82. The molecule has 2 aromatic heterocycles. The lowest BCUT2D eigenvalue weighted by molar-refractivity contribution is -0.132. The zero-order chi connectivity index (χ0) is 16.4. The molecule has 0 amide bonds. The van der Waals surface area contributed by atoms with Gasteiger partial charge in [-0.2, -0.15) is 0 Å². The van der Waals surface area contributed by atoms with Gasteiger partial charge in [-0.05, 0) is 12.1 Å². The average Bonchev–Trinajstić information content (AvgIpc) is 3.09. The molecule has 3 rings (SSSR count). The van der Waals surface area contributed by atoms with Crippen molar-refractivity contribution in [3.8, 4) is 11.3 Å². The summed E-state index contributed by atoms with van der Waals surface area (Å²) in [6, 6.07) is 7.44. The van der Waals surface area contributed by atoms with Crippen molar-refractivity contribution in [2.45, 2.75) is 6.42 Å². The molecule has 0 fully saturated rings. The number of methoxy groups -OCH3 is 1. The van der Waals surface area contributed by atoms with Gasteiger partial charge in [-0.25, -0.2) is 9.78 Å². The number of ether oxygens (including phenoxy) is 1.